The van der Waals surface area contributed by atoms with Crippen LogP contribution in [0.2, 0.25) is 0 Å². The van der Waals surface area contributed by atoms with Crippen molar-refractivity contribution in [1.82, 2.24) is 4.90 Å². The van der Waals surface area contributed by atoms with Gasteiger partial charge >= 0.3 is 5.97 Å². The Labute approximate surface area is 153 Å². The SMILES string of the molecule is CCOC(=O)C1(Cc2cccc(F)c2)CCN(C(=O)[C@H]2CCCO2)CC1. The van der Waals surface area contributed by atoms with E-state index >= 15 is 0 Å². The van der Waals surface area contributed by atoms with Crippen molar-refractivity contribution >= 4 is 11.9 Å². The molecule has 5 nitrogen and oxygen atoms in total. The van der Waals surface area contributed by atoms with Gasteiger partial charge in [-0.1, -0.05) is 12.1 Å². The molecule has 1 aromatic rings. The molecule has 0 saturated carbocycles. The molecule has 2 heterocycles. The first-order valence-corrected chi connectivity index (χ1v) is 9.36. The number of nitrogens with zero attached hydrogens (tertiary/aromatic N) is 1. The zero-order chi connectivity index (χ0) is 18.6. The van der Waals surface area contributed by atoms with Gasteiger partial charge in [-0.25, -0.2) is 4.39 Å². The predicted molar refractivity (Wildman–Crippen MR) is 94.0 cm³/mol. The van der Waals surface area contributed by atoms with E-state index in [9.17, 15) is 14.0 Å². The zero-order valence-corrected chi connectivity index (χ0v) is 15.2. The van der Waals surface area contributed by atoms with Crippen LogP contribution in [-0.4, -0.2) is 49.2 Å². The third kappa shape index (κ3) is 4.06. The molecule has 1 aromatic carbocycles. The van der Waals surface area contributed by atoms with E-state index in [1.165, 1.54) is 12.1 Å². The minimum atomic E-state index is -0.711. The Morgan fingerprint density at radius 2 is 2.12 bits per heavy atom. The predicted octanol–water partition coefficient (Wildman–Crippen LogP) is 2.72. The number of piperidine rings is 1. The molecular weight excluding hydrogens is 337 g/mol. The molecule has 1 amide bonds. The van der Waals surface area contributed by atoms with Gasteiger partial charge in [0.05, 0.1) is 12.0 Å². The third-order valence-corrected chi connectivity index (χ3v) is 5.38. The molecule has 0 unspecified atom stereocenters. The van der Waals surface area contributed by atoms with E-state index in [1.807, 2.05) is 6.07 Å². The van der Waals surface area contributed by atoms with E-state index in [4.69, 9.17) is 9.47 Å². The number of ether oxygens (including phenoxy) is 2. The maximum Gasteiger partial charge on any atom is 0.312 e. The Hall–Kier alpha value is -1.95. The largest absolute Gasteiger partial charge is 0.466 e. The standard InChI is InChI=1S/C20H26FNO4/c1-2-25-19(24)20(14-15-5-3-6-16(21)13-15)8-10-22(11-9-20)18(23)17-7-4-12-26-17/h3,5-6,13,17H,2,4,7-12,14H2,1H3/t17-/m1/s1. The zero-order valence-electron chi connectivity index (χ0n) is 15.2. The van der Waals surface area contributed by atoms with E-state index in [-0.39, 0.29) is 23.8 Å². The summed E-state index contributed by atoms with van der Waals surface area (Å²) in [7, 11) is 0. The van der Waals surface area contributed by atoms with Crippen molar-refractivity contribution in [2.45, 2.75) is 45.1 Å². The van der Waals surface area contributed by atoms with Gasteiger partial charge in [0.1, 0.15) is 11.9 Å². The second kappa shape index (κ2) is 8.16. The lowest BCUT2D eigenvalue weighted by molar-refractivity contribution is -0.161. The number of halogens is 1. The van der Waals surface area contributed by atoms with E-state index < -0.39 is 5.41 Å². The number of amides is 1. The molecule has 0 N–H and O–H groups in total. The summed E-state index contributed by atoms with van der Waals surface area (Å²) in [5.41, 5.74) is 0.0638. The number of rotatable bonds is 5. The van der Waals surface area contributed by atoms with Crippen molar-refractivity contribution in [2.24, 2.45) is 5.41 Å². The first-order valence-electron chi connectivity index (χ1n) is 9.36. The second-order valence-electron chi connectivity index (χ2n) is 7.13. The molecule has 3 rings (SSSR count). The van der Waals surface area contributed by atoms with Crippen molar-refractivity contribution in [3.05, 3.63) is 35.6 Å². The second-order valence-corrected chi connectivity index (χ2v) is 7.13. The fourth-order valence-electron chi connectivity index (χ4n) is 3.91. The molecule has 2 saturated heterocycles. The van der Waals surface area contributed by atoms with Crippen LogP contribution >= 0.6 is 0 Å². The molecule has 0 spiro atoms. The Morgan fingerprint density at radius 3 is 2.73 bits per heavy atom. The van der Waals surface area contributed by atoms with Gasteiger partial charge in [0.25, 0.3) is 5.91 Å². The third-order valence-electron chi connectivity index (χ3n) is 5.38. The smallest absolute Gasteiger partial charge is 0.312 e. The van der Waals surface area contributed by atoms with Crippen LogP contribution in [-0.2, 0) is 25.5 Å². The van der Waals surface area contributed by atoms with Gasteiger partial charge in [0.2, 0.25) is 0 Å². The highest BCUT2D eigenvalue weighted by Gasteiger charge is 2.44. The molecule has 0 aromatic heterocycles. The number of esters is 1. The minimum absolute atomic E-state index is 0.0192. The lowest BCUT2D eigenvalue weighted by Crippen LogP contribution is -2.50. The minimum Gasteiger partial charge on any atom is -0.466 e. The number of likely N-dealkylation sites (tertiary alicyclic amines) is 1. The molecule has 0 aliphatic carbocycles. The van der Waals surface area contributed by atoms with Crippen molar-refractivity contribution < 1.29 is 23.5 Å². The lowest BCUT2D eigenvalue weighted by Gasteiger charge is -2.40. The quantitative estimate of drug-likeness (QED) is 0.755. The van der Waals surface area contributed by atoms with Gasteiger partial charge < -0.3 is 14.4 Å². The molecule has 2 fully saturated rings. The molecule has 0 bridgehead atoms. The Balaban J connectivity index is 1.72. The van der Waals surface area contributed by atoms with Crippen LogP contribution in [0.15, 0.2) is 24.3 Å². The van der Waals surface area contributed by atoms with Gasteiger partial charge in [-0.05, 0) is 56.7 Å². The highest BCUT2D eigenvalue weighted by Crippen LogP contribution is 2.37. The molecule has 1 atom stereocenters. The molecular formula is C20H26FNO4. The summed E-state index contributed by atoms with van der Waals surface area (Å²) in [6.07, 6.45) is 2.79. The summed E-state index contributed by atoms with van der Waals surface area (Å²) in [5, 5.41) is 0. The number of carbonyl (C=O) groups is 2. The van der Waals surface area contributed by atoms with Gasteiger partial charge in [-0.3, -0.25) is 9.59 Å². The van der Waals surface area contributed by atoms with Gasteiger partial charge in [0.15, 0.2) is 0 Å². The van der Waals surface area contributed by atoms with Crippen molar-refractivity contribution in [3.8, 4) is 0 Å². The molecule has 26 heavy (non-hydrogen) atoms. The maximum atomic E-state index is 13.6. The van der Waals surface area contributed by atoms with E-state index in [0.29, 0.717) is 45.6 Å². The Bertz CT molecular complexity index is 649. The van der Waals surface area contributed by atoms with E-state index in [1.54, 1.807) is 17.9 Å². The normalized spacial score (nSPS) is 22.2. The number of hydrogen-bond acceptors (Lipinski definition) is 4. The van der Waals surface area contributed by atoms with Crippen LogP contribution in [0.25, 0.3) is 0 Å². The summed E-state index contributed by atoms with van der Waals surface area (Å²) in [6.45, 7) is 3.71. The molecule has 142 valence electrons. The summed E-state index contributed by atoms with van der Waals surface area (Å²) in [6, 6.07) is 6.34. The van der Waals surface area contributed by atoms with Crippen molar-refractivity contribution in [1.29, 1.82) is 0 Å². The summed E-state index contributed by atoms with van der Waals surface area (Å²) >= 11 is 0. The fraction of sp³-hybridized carbons (Fsp3) is 0.600. The molecule has 2 aliphatic rings. The first-order chi connectivity index (χ1) is 12.5. The number of carbonyl (C=O) groups excluding carboxylic acids is 2. The van der Waals surface area contributed by atoms with Crippen LogP contribution in [0, 0.1) is 11.2 Å². The Morgan fingerprint density at radius 1 is 1.35 bits per heavy atom. The van der Waals surface area contributed by atoms with Crippen LogP contribution in [0.4, 0.5) is 4.39 Å². The van der Waals surface area contributed by atoms with Gasteiger partial charge in [0, 0.05) is 19.7 Å². The summed E-state index contributed by atoms with van der Waals surface area (Å²) in [5.74, 6) is -0.549. The van der Waals surface area contributed by atoms with Crippen LogP contribution in [0.3, 0.4) is 0 Å². The summed E-state index contributed by atoms with van der Waals surface area (Å²) < 4.78 is 24.4. The average molecular weight is 363 g/mol. The van der Waals surface area contributed by atoms with E-state index in [2.05, 4.69) is 0 Å². The maximum absolute atomic E-state index is 13.6. The fourth-order valence-corrected chi connectivity index (χ4v) is 3.91. The van der Waals surface area contributed by atoms with Gasteiger partial charge in [-0.15, -0.1) is 0 Å². The van der Waals surface area contributed by atoms with Crippen LogP contribution in [0.5, 0.6) is 0 Å². The molecule has 6 heteroatoms. The number of benzene rings is 1. The van der Waals surface area contributed by atoms with Crippen LogP contribution in [0.1, 0.15) is 38.2 Å². The number of hydrogen-bond donors (Lipinski definition) is 0. The summed E-state index contributed by atoms with van der Waals surface area (Å²) in [4.78, 5) is 27.0. The highest BCUT2D eigenvalue weighted by molar-refractivity contribution is 5.82. The lowest BCUT2D eigenvalue weighted by atomic mass is 9.73. The molecule has 0 radical (unpaired) electrons. The molecule has 2 aliphatic heterocycles. The van der Waals surface area contributed by atoms with Crippen LogP contribution < -0.4 is 0 Å². The topological polar surface area (TPSA) is 55.8 Å². The van der Waals surface area contributed by atoms with Crippen molar-refractivity contribution in [3.63, 3.8) is 0 Å². The van der Waals surface area contributed by atoms with E-state index in [0.717, 1.165) is 18.4 Å². The van der Waals surface area contributed by atoms with Crippen molar-refractivity contribution in [2.75, 3.05) is 26.3 Å². The monoisotopic (exact) mass is 363 g/mol. The average Bonchev–Trinajstić information content (AvgIpc) is 3.16. The van der Waals surface area contributed by atoms with Gasteiger partial charge in [-0.2, -0.15) is 0 Å². The first kappa shape index (κ1) is 18.8. The Kier molecular flexibility index (Phi) is 5.91. The highest BCUT2D eigenvalue weighted by atomic mass is 19.1.